The van der Waals surface area contributed by atoms with Crippen molar-refractivity contribution in [2.45, 2.75) is 13.8 Å². The molecule has 1 aromatic heterocycles. The van der Waals surface area contributed by atoms with E-state index in [2.05, 4.69) is 21.2 Å². The second-order valence-electron chi connectivity index (χ2n) is 7.07. The van der Waals surface area contributed by atoms with Crippen LogP contribution in [0.2, 0.25) is 5.02 Å². The van der Waals surface area contributed by atoms with Crippen molar-refractivity contribution < 1.29 is 14.4 Å². The van der Waals surface area contributed by atoms with Gasteiger partial charge in [0.2, 0.25) is 0 Å². The molecule has 0 bridgehead atoms. The van der Waals surface area contributed by atoms with E-state index in [0.29, 0.717) is 16.3 Å². The molecule has 2 heterocycles. The summed E-state index contributed by atoms with van der Waals surface area (Å²) >= 11 is 9.32. The maximum Gasteiger partial charge on any atom is 0.335 e. The van der Waals surface area contributed by atoms with Gasteiger partial charge in [-0.1, -0.05) is 27.5 Å². The van der Waals surface area contributed by atoms with Crippen LogP contribution in [0, 0.1) is 13.8 Å². The number of amides is 4. The molecule has 1 fully saturated rings. The number of carbonyl (C=O) groups is 3. The Hall–Kier alpha value is -3.16. The van der Waals surface area contributed by atoms with Crippen LogP contribution >= 0.6 is 27.5 Å². The smallest absolute Gasteiger partial charge is 0.318 e. The molecule has 0 saturated carbocycles. The molecule has 0 radical (unpaired) electrons. The van der Waals surface area contributed by atoms with Gasteiger partial charge in [0.25, 0.3) is 11.8 Å². The van der Waals surface area contributed by atoms with Crippen LogP contribution in [0.25, 0.3) is 11.8 Å². The first-order valence-electron chi connectivity index (χ1n) is 9.38. The topological polar surface area (TPSA) is 71.4 Å². The molecular weight excluding hydrogens is 482 g/mol. The summed E-state index contributed by atoms with van der Waals surface area (Å²) in [6.45, 7) is 3.83. The Morgan fingerprint density at radius 2 is 1.55 bits per heavy atom. The third-order valence-corrected chi connectivity index (χ3v) is 5.82. The Kier molecular flexibility index (Phi) is 5.56. The number of anilines is 1. The van der Waals surface area contributed by atoms with Gasteiger partial charge in [0.1, 0.15) is 5.57 Å². The first kappa shape index (κ1) is 21.1. The number of hydrogen-bond acceptors (Lipinski definition) is 3. The molecule has 1 N–H and O–H groups in total. The summed E-state index contributed by atoms with van der Waals surface area (Å²) in [5.74, 6) is -1.40. The average molecular weight is 499 g/mol. The molecular formula is C23H17BrClN3O3. The van der Waals surface area contributed by atoms with Crippen LogP contribution in [0.5, 0.6) is 0 Å². The van der Waals surface area contributed by atoms with E-state index in [1.807, 2.05) is 36.6 Å². The van der Waals surface area contributed by atoms with Crippen molar-refractivity contribution in [2.75, 3.05) is 4.90 Å². The summed E-state index contributed by atoms with van der Waals surface area (Å²) in [6, 6.07) is 15.2. The van der Waals surface area contributed by atoms with Gasteiger partial charge < -0.3 is 4.57 Å². The van der Waals surface area contributed by atoms with Crippen LogP contribution in [-0.4, -0.2) is 22.4 Å². The maximum absolute atomic E-state index is 13.1. The van der Waals surface area contributed by atoms with Gasteiger partial charge in [0, 0.05) is 26.6 Å². The zero-order valence-corrected chi connectivity index (χ0v) is 19.0. The third-order valence-electron chi connectivity index (χ3n) is 5.04. The number of benzene rings is 2. The Balaban J connectivity index is 1.75. The van der Waals surface area contributed by atoms with Gasteiger partial charge in [-0.25, -0.2) is 9.69 Å². The van der Waals surface area contributed by atoms with Crippen molar-refractivity contribution >= 4 is 57.1 Å². The van der Waals surface area contributed by atoms with Crippen molar-refractivity contribution in [2.24, 2.45) is 0 Å². The number of nitrogens with zero attached hydrogens (tertiary/aromatic N) is 2. The fraction of sp³-hybridized carbons (Fsp3) is 0.0870. The van der Waals surface area contributed by atoms with E-state index >= 15 is 0 Å². The fourth-order valence-corrected chi connectivity index (χ4v) is 3.95. The molecule has 4 rings (SSSR count). The highest BCUT2D eigenvalue weighted by atomic mass is 79.9. The third kappa shape index (κ3) is 3.94. The molecule has 31 heavy (non-hydrogen) atoms. The normalized spacial score (nSPS) is 15.5. The predicted molar refractivity (Wildman–Crippen MR) is 123 cm³/mol. The van der Waals surface area contributed by atoms with Crippen LogP contribution in [0.3, 0.4) is 0 Å². The maximum atomic E-state index is 13.1. The summed E-state index contributed by atoms with van der Waals surface area (Å²) in [5, 5.41) is 2.88. The van der Waals surface area contributed by atoms with Crippen LogP contribution < -0.4 is 10.2 Å². The van der Waals surface area contributed by atoms with E-state index in [4.69, 9.17) is 11.6 Å². The number of rotatable bonds is 3. The van der Waals surface area contributed by atoms with E-state index in [-0.39, 0.29) is 5.57 Å². The number of imide groups is 2. The predicted octanol–water partition coefficient (Wildman–Crippen LogP) is 5.18. The van der Waals surface area contributed by atoms with Crippen molar-refractivity contribution in [3.8, 4) is 5.69 Å². The lowest BCUT2D eigenvalue weighted by atomic mass is 10.1. The first-order valence-corrected chi connectivity index (χ1v) is 10.6. The Morgan fingerprint density at radius 1 is 0.935 bits per heavy atom. The van der Waals surface area contributed by atoms with Gasteiger partial charge in [0.05, 0.1) is 5.69 Å². The highest BCUT2D eigenvalue weighted by Crippen LogP contribution is 2.27. The quantitative estimate of drug-likeness (QED) is 0.400. The molecule has 0 aliphatic carbocycles. The minimum absolute atomic E-state index is 0.112. The molecule has 1 aliphatic rings. The monoisotopic (exact) mass is 497 g/mol. The summed E-state index contributed by atoms with van der Waals surface area (Å²) in [7, 11) is 0. The van der Waals surface area contributed by atoms with Crippen molar-refractivity contribution in [1.29, 1.82) is 0 Å². The molecule has 0 atom stereocenters. The second-order valence-corrected chi connectivity index (χ2v) is 8.42. The molecule has 4 amide bonds. The highest BCUT2D eigenvalue weighted by Gasteiger charge is 2.37. The largest absolute Gasteiger partial charge is 0.335 e. The first-order chi connectivity index (χ1) is 14.8. The van der Waals surface area contributed by atoms with Crippen LogP contribution in [0.15, 0.2) is 64.6 Å². The Morgan fingerprint density at radius 3 is 2.19 bits per heavy atom. The number of hydrogen-bond donors (Lipinski definition) is 1. The van der Waals surface area contributed by atoms with Gasteiger partial charge in [-0.15, -0.1) is 0 Å². The number of aryl methyl sites for hydroxylation is 1. The molecule has 156 valence electrons. The van der Waals surface area contributed by atoms with E-state index < -0.39 is 17.8 Å². The van der Waals surface area contributed by atoms with E-state index in [0.717, 1.165) is 26.4 Å². The molecule has 1 saturated heterocycles. The lowest BCUT2D eigenvalue weighted by Gasteiger charge is -2.26. The van der Waals surface area contributed by atoms with Crippen LogP contribution in [-0.2, 0) is 9.59 Å². The minimum atomic E-state index is -0.777. The summed E-state index contributed by atoms with van der Waals surface area (Å²) in [5.41, 5.74) is 3.65. The fourth-order valence-electron chi connectivity index (χ4n) is 3.56. The summed E-state index contributed by atoms with van der Waals surface area (Å²) < 4.78 is 2.81. The molecule has 0 spiro atoms. The number of carbonyl (C=O) groups excluding carboxylic acids is 3. The zero-order chi connectivity index (χ0) is 22.3. The number of halogens is 2. The van der Waals surface area contributed by atoms with Crippen molar-refractivity contribution in [3.63, 3.8) is 0 Å². The van der Waals surface area contributed by atoms with Gasteiger partial charge in [-0.05, 0) is 80.1 Å². The van der Waals surface area contributed by atoms with E-state index in [1.165, 1.54) is 6.08 Å². The van der Waals surface area contributed by atoms with Gasteiger partial charge in [0.15, 0.2) is 0 Å². The van der Waals surface area contributed by atoms with Gasteiger partial charge in [-0.3, -0.25) is 14.9 Å². The molecule has 2 aromatic carbocycles. The van der Waals surface area contributed by atoms with Crippen LogP contribution in [0.1, 0.15) is 17.0 Å². The minimum Gasteiger partial charge on any atom is -0.318 e. The van der Waals surface area contributed by atoms with Crippen LogP contribution in [0.4, 0.5) is 10.5 Å². The van der Waals surface area contributed by atoms with E-state index in [9.17, 15) is 14.4 Å². The van der Waals surface area contributed by atoms with Crippen molar-refractivity contribution in [3.05, 3.63) is 86.6 Å². The zero-order valence-electron chi connectivity index (χ0n) is 16.6. The number of urea groups is 1. The highest BCUT2D eigenvalue weighted by molar-refractivity contribution is 9.10. The lowest BCUT2D eigenvalue weighted by Crippen LogP contribution is -2.54. The number of barbiturate groups is 1. The average Bonchev–Trinajstić information content (AvgIpc) is 3.00. The lowest BCUT2D eigenvalue weighted by molar-refractivity contribution is -0.122. The number of aromatic nitrogens is 1. The summed E-state index contributed by atoms with van der Waals surface area (Å²) in [6.07, 6.45) is 1.52. The molecule has 6 nitrogen and oxygen atoms in total. The second kappa shape index (κ2) is 8.17. The number of nitrogens with one attached hydrogen (secondary N) is 1. The SMILES string of the molecule is Cc1cc(C=C2C(=O)NC(=O)N(c3ccc(Br)cc3)C2=O)c(C)n1-c1ccc(Cl)cc1. The van der Waals surface area contributed by atoms with Gasteiger partial charge >= 0.3 is 6.03 Å². The molecule has 8 heteroatoms. The van der Waals surface area contributed by atoms with E-state index in [1.54, 1.807) is 36.4 Å². The Labute approximate surface area is 192 Å². The molecule has 1 aliphatic heterocycles. The summed E-state index contributed by atoms with van der Waals surface area (Å²) in [4.78, 5) is 38.9. The van der Waals surface area contributed by atoms with Crippen molar-refractivity contribution in [1.82, 2.24) is 9.88 Å². The molecule has 0 unspecified atom stereocenters. The molecule has 3 aromatic rings. The standard InChI is InChI=1S/C23H17BrClN3O3/c1-13-11-15(14(2)27(13)18-9-5-17(25)6-10-18)12-20-21(29)26-23(31)28(22(20)30)19-7-3-16(24)4-8-19/h3-12H,1-2H3,(H,26,29,31). The Bertz CT molecular complexity index is 1240. The van der Waals surface area contributed by atoms with Gasteiger partial charge in [-0.2, -0.15) is 0 Å².